The van der Waals surface area contributed by atoms with E-state index in [0.717, 1.165) is 16.9 Å². The highest BCUT2D eigenvalue weighted by Crippen LogP contribution is 2.33. The fourth-order valence-electron chi connectivity index (χ4n) is 6.32. The molecule has 0 aliphatic rings. The van der Waals surface area contributed by atoms with Crippen LogP contribution in [0.25, 0.3) is 65.3 Å². The minimum absolute atomic E-state index is 0.0258. The monoisotopic (exact) mass is 716 g/mol. The Morgan fingerprint density at radius 1 is 0.426 bits per heavy atom. The lowest BCUT2D eigenvalue weighted by Gasteiger charge is -2.10. The smallest absolute Gasteiger partial charge is 0.120 e. The van der Waals surface area contributed by atoms with Crippen molar-refractivity contribution in [2.45, 2.75) is 34.1 Å². The fraction of sp³-hybridized carbons (Fsp3) is 0.200. The summed E-state index contributed by atoms with van der Waals surface area (Å²) in [4.78, 5) is 0. The molecule has 8 aromatic rings. The van der Waals surface area contributed by atoms with Crippen molar-refractivity contribution < 1.29 is 19.3 Å². The predicted octanol–water partition coefficient (Wildman–Crippen LogP) is 13.2. The van der Waals surface area contributed by atoms with E-state index in [0.29, 0.717) is 19.8 Å². The van der Waals surface area contributed by atoms with Crippen molar-refractivity contribution in [3.63, 3.8) is 0 Å². The van der Waals surface area contributed by atoms with Crippen LogP contribution in [0.2, 0.25) is 0 Å². The molecule has 0 aliphatic carbocycles. The van der Waals surface area contributed by atoms with Gasteiger partial charge in [0, 0.05) is 7.11 Å². The number of ether oxygens (including phenoxy) is 3. The standard InChI is InChI=1S/C23H20O2.C22H18O2.C3H8.C2H6/c1-24-13-14-25-21-12-11-18-15-20(10-9-19(18)16-21)23-8-4-6-17-5-2-3-7-22(17)23;23-12-13-24-20-11-10-17-14-19(9-8-18(17)15-20)22-7-3-5-16-4-1-2-6-21(16)22;1-3-2;1-2/h2-12,15-16H,13-14H2,1H3;1-11,14-15,23H,12-13H2;3H2,1-2H3;1-2H3. The average Bonchev–Trinajstić information content (AvgIpc) is 3.23. The zero-order valence-electron chi connectivity index (χ0n) is 32.2. The van der Waals surface area contributed by atoms with E-state index in [-0.39, 0.29) is 6.61 Å². The Morgan fingerprint density at radius 2 is 0.833 bits per heavy atom. The lowest BCUT2D eigenvalue weighted by atomic mass is 9.96. The molecule has 8 aromatic carbocycles. The molecule has 0 radical (unpaired) electrons. The van der Waals surface area contributed by atoms with Gasteiger partial charge in [0.15, 0.2) is 0 Å². The van der Waals surface area contributed by atoms with Crippen LogP contribution in [0.15, 0.2) is 158 Å². The SMILES string of the molecule is CC.CCC.COCCOc1ccc2cc(-c3cccc4ccccc34)ccc2c1.OCCOc1ccc2cc(-c3cccc4ccccc34)ccc2c1. The van der Waals surface area contributed by atoms with Crippen molar-refractivity contribution in [1.29, 1.82) is 0 Å². The van der Waals surface area contributed by atoms with Crippen LogP contribution in [0.1, 0.15) is 34.1 Å². The van der Waals surface area contributed by atoms with Crippen LogP contribution in [0.3, 0.4) is 0 Å². The Labute approximate surface area is 320 Å². The third kappa shape index (κ3) is 10.0. The molecule has 0 heterocycles. The van der Waals surface area contributed by atoms with Crippen molar-refractivity contribution in [3.05, 3.63) is 158 Å². The van der Waals surface area contributed by atoms with Gasteiger partial charge in [0.2, 0.25) is 0 Å². The van der Waals surface area contributed by atoms with E-state index < -0.39 is 0 Å². The highest BCUT2D eigenvalue weighted by molar-refractivity contribution is 6.00. The van der Waals surface area contributed by atoms with Crippen molar-refractivity contribution in [2.24, 2.45) is 0 Å². The Balaban J connectivity index is 0.000000186. The quantitative estimate of drug-likeness (QED) is 0.151. The molecule has 4 heteroatoms. The van der Waals surface area contributed by atoms with E-state index in [9.17, 15) is 0 Å². The maximum Gasteiger partial charge on any atom is 0.120 e. The van der Waals surface area contributed by atoms with E-state index in [1.165, 1.54) is 66.4 Å². The van der Waals surface area contributed by atoms with Gasteiger partial charge in [0.25, 0.3) is 0 Å². The highest BCUT2D eigenvalue weighted by atomic mass is 16.5. The van der Waals surface area contributed by atoms with Crippen molar-refractivity contribution >= 4 is 43.1 Å². The molecule has 0 bridgehead atoms. The molecule has 276 valence electrons. The van der Waals surface area contributed by atoms with Crippen LogP contribution >= 0.6 is 0 Å². The van der Waals surface area contributed by atoms with E-state index in [1.54, 1.807) is 7.11 Å². The summed E-state index contributed by atoms with van der Waals surface area (Å²) in [5.74, 6) is 1.66. The minimum Gasteiger partial charge on any atom is -0.491 e. The Kier molecular flexibility index (Phi) is 15.0. The van der Waals surface area contributed by atoms with Gasteiger partial charge < -0.3 is 19.3 Å². The predicted molar refractivity (Wildman–Crippen MR) is 231 cm³/mol. The number of fused-ring (bicyclic) bond motifs is 4. The number of methoxy groups -OCH3 is 1. The van der Waals surface area contributed by atoms with Gasteiger partial charge >= 0.3 is 0 Å². The third-order valence-electron chi connectivity index (χ3n) is 8.74. The average molecular weight is 717 g/mol. The van der Waals surface area contributed by atoms with E-state index >= 15 is 0 Å². The number of rotatable bonds is 9. The molecule has 0 saturated heterocycles. The second-order valence-electron chi connectivity index (χ2n) is 12.6. The maximum atomic E-state index is 8.86. The van der Waals surface area contributed by atoms with Crippen molar-refractivity contribution in [2.75, 3.05) is 33.5 Å². The summed E-state index contributed by atoms with van der Waals surface area (Å²) in [7, 11) is 1.68. The first-order chi connectivity index (χ1) is 26.6. The normalized spacial score (nSPS) is 10.5. The highest BCUT2D eigenvalue weighted by Gasteiger charge is 2.07. The van der Waals surface area contributed by atoms with E-state index in [1.807, 2.05) is 32.0 Å². The van der Waals surface area contributed by atoms with Gasteiger partial charge in [-0.1, -0.05) is 155 Å². The first kappa shape index (κ1) is 39.5. The molecule has 1 N–H and O–H groups in total. The van der Waals surface area contributed by atoms with Gasteiger partial charge in [0.05, 0.1) is 13.2 Å². The zero-order chi connectivity index (χ0) is 38.1. The van der Waals surface area contributed by atoms with Crippen molar-refractivity contribution in [3.8, 4) is 33.8 Å². The topological polar surface area (TPSA) is 47.9 Å². The summed E-state index contributed by atoms with van der Waals surface area (Å²) in [6.45, 7) is 9.76. The molecule has 0 aliphatic heterocycles. The maximum absolute atomic E-state index is 8.86. The Morgan fingerprint density at radius 3 is 1.30 bits per heavy atom. The zero-order valence-corrected chi connectivity index (χ0v) is 32.2. The van der Waals surface area contributed by atoms with Gasteiger partial charge in [0.1, 0.15) is 24.7 Å². The van der Waals surface area contributed by atoms with Crippen molar-refractivity contribution in [1.82, 2.24) is 0 Å². The largest absolute Gasteiger partial charge is 0.491 e. The van der Waals surface area contributed by atoms with Gasteiger partial charge in [-0.25, -0.2) is 0 Å². The number of aliphatic hydroxyl groups excluding tert-OH is 1. The lowest BCUT2D eigenvalue weighted by Crippen LogP contribution is -2.03. The summed E-state index contributed by atoms with van der Waals surface area (Å²) < 4.78 is 16.2. The van der Waals surface area contributed by atoms with Crippen LogP contribution in [-0.2, 0) is 4.74 Å². The molecule has 4 nitrogen and oxygen atoms in total. The first-order valence-corrected chi connectivity index (χ1v) is 19.0. The lowest BCUT2D eigenvalue weighted by molar-refractivity contribution is 0.146. The second kappa shape index (κ2) is 20.5. The molecular formula is C50H52O4. The summed E-state index contributed by atoms with van der Waals surface area (Å²) in [6, 6.07) is 55.2. The van der Waals surface area contributed by atoms with Gasteiger partial charge in [-0.2, -0.15) is 0 Å². The van der Waals surface area contributed by atoms with E-state index in [4.69, 9.17) is 19.3 Å². The molecular weight excluding hydrogens is 665 g/mol. The fourth-order valence-corrected chi connectivity index (χ4v) is 6.32. The molecule has 0 spiro atoms. The van der Waals surface area contributed by atoms with Gasteiger partial charge in [-0.3, -0.25) is 0 Å². The summed E-state index contributed by atoms with van der Waals surface area (Å²) in [5.41, 5.74) is 4.96. The van der Waals surface area contributed by atoms with Crippen LogP contribution in [-0.4, -0.2) is 38.6 Å². The molecule has 54 heavy (non-hydrogen) atoms. The van der Waals surface area contributed by atoms with Gasteiger partial charge in [-0.15, -0.1) is 0 Å². The first-order valence-electron chi connectivity index (χ1n) is 19.0. The van der Waals surface area contributed by atoms with Crippen LogP contribution in [0.5, 0.6) is 11.5 Å². The molecule has 0 saturated carbocycles. The van der Waals surface area contributed by atoms with Crippen LogP contribution < -0.4 is 9.47 Å². The molecule has 8 rings (SSSR count). The molecule has 0 fully saturated rings. The third-order valence-corrected chi connectivity index (χ3v) is 8.74. The number of benzene rings is 8. The van der Waals surface area contributed by atoms with E-state index in [2.05, 4.69) is 153 Å². The molecule has 0 unspecified atom stereocenters. The minimum atomic E-state index is 0.0258. The molecule has 0 atom stereocenters. The molecule has 0 aromatic heterocycles. The summed E-state index contributed by atoms with van der Waals surface area (Å²) in [6.07, 6.45) is 1.25. The van der Waals surface area contributed by atoms with Crippen LogP contribution in [0.4, 0.5) is 0 Å². The Hall–Kier alpha value is -5.68. The number of aliphatic hydroxyl groups is 1. The Bertz CT molecular complexity index is 2370. The van der Waals surface area contributed by atoms with Gasteiger partial charge in [-0.05, 0) is 102 Å². The summed E-state index contributed by atoms with van der Waals surface area (Å²) >= 11 is 0. The number of hydrogen-bond donors (Lipinski definition) is 1. The van der Waals surface area contributed by atoms with Crippen LogP contribution in [0, 0.1) is 0 Å². The second-order valence-corrected chi connectivity index (χ2v) is 12.6. The molecule has 0 amide bonds. The summed E-state index contributed by atoms with van der Waals surface area (Å²) in [5, 5.41) is 18.6. The number of hydrogen-bond acceptors (Lipinski definition) is 4.